The van der Waals surface area contributed by atoms with Crippen LogP contribution in [0, 0.1) is 5.82 Å². The van der Waals surface area contributed by atoms with Crippen LogP contribution in [0.1, 0.15) is 37.4 Å². The van der Waals surface area contributed by atoms with E-state index in [0.717, 1.165) is 0 Å². The van der Waals surface area contributed by atoms with Crippen molar-refractivity contribution in [2.75, 3.05) is 13.2 Å². The Hall–Kier alpha value is -1.50. The molecule has 0 amide bonds. The third-order valence-electron chi connectivity index (χ3n) is 2.72. The Kier molecular flexibility index (Phi) is 5.67. The van der Waals surface area contributed by atoms with Gasteiger partial charge in [-0.25, -0.2) is 4.39 Å². The first-order valence-corrected chi connectivity index (χ1v) is 7.02. The summed E-state index contributed by atoms with van der Waals surface area (Å²) in [6.07, 6.45) is -0.572. The summed E-state index contributed by atoms with van der Waals surface area (Å²) in [6.45, 7) is 4.56. The van der Waals surface area contributed by atoms with Crippen molar-refractivity contribution in [1.29, 1.82) is 0 Å². The third-order valence-corrected chi connectivity index (χ3v) is 3.07. The minimum atomic E-state index is -0.711. The Morgan fingerprint density at radius 3 is 2.62 bits per heavy atom. The second-order valence-electron chi connectivity index (χ2n) is 4.17. The lowest BCUT2D eigenvalue weighted by Gasteiger charge is -2.11. The molecule has 2 aromatic rings. The van der Waals surface area contributed by atoms with E-state index in [2.05, 4.69) is 10.1 Å². The summed E-state index contributed by atoms with van der Waals surface area (Å²) in [7, 11) is 0. The molecule has 0 N–H and O–H groups in total. The van der Waals surface area contributed by atoms with Crippen molar-refractivity contribution in [3.05, 3.63) is 46.3 Å². The lowest BCUT2D eigenvalue weighted by molar-refractivity contribution is -0.155. The number of halogens is 2. The molecule has 1 heterocycles. The van der Waals surface area contributed by atoms with Crippen molar-refractivity contribution in [3.8, 4) is 0 Å². The number of aromatic nitrogens is 2. The fourth-order valence-corrected chi connectivity index (χ4v) is 2.02. The van der Waals surface area contributed by atoms with Crippen molar-refractivity contribution in [1.82, 2.24) is 10.1 Å². The molecule has 114 valence electrons. The van der Waals surface area contributed by atoms with Gasteiger partial charge in [0.25, 0.3) is 5.89 Å². The highest BCUT2D eigenvalue weighted by atomic mass is 35.5. The summed E-state index contributed by atoms with van der Waals surface area (Å²) in [5.74, 6) is 0.127. The molecular formula is C14H16ClFN2O3. The van der Waals surface area contributed by atoms with Gasteiger partial charge in [-0.05, 0) is 26.0 Å². The zero-order valence-corrected chi connectivity index (χ0v) is 12.6. The van der Waals surface area contributed by atoms with E-state index < -0.39 is 12.1 Å². The molecule has 1 aromatic heterocycles. The number of benzene rings is 1. The van der Waals surface area contributed by atoms with Gasteiger partial charge in [-0.1, -0.05) is 22.8 Å². The van der Waals surface area contributed by atoms with Gasteiger partial charge in [-0.15, -0.1) is 0 Å². The zero-order valence-electron chi connectivity index (χ0n) is 11.8. The van der Waals surface area contributed by atoms with Gasteiger partial charge in [0.1, 0.15) is 5.82 Å². The summed E-state index contributed by atoms with van der Waals surface area (Å²) in [5, 5.41) is 4.13. The Labute approximate surface area is 127 Å². The Bertz CT molecular complexity index is 565. The SMILES string of the molecule is CCOC(OCC)c1nc(Cc2c(F)cccc2Cl)no1. The maximum absolute atomic E-state index is 13.7. The lowest BCUT2D eigenvalue weighted by Crippen LogP contribution is -2.09. The van der Waals surface area contributed by atoms with Crippen molar-refractivity contribution < 1.29 is 18.4 Å². The second-order valence-corrected chi connectivity index (χ2v) is 4.58. The van der Waals surface area contributed by atoms with Crippen LogP contribution < -0.4 is 0 Å². The van der Waals surface area contributed by atoms with Crippen molar-refractivity contribution in [2.24, 2.45) is 0 Å². The molecule has 2 rings (SSSR count). The van der Waals surface area contributed by atoms with Gasteiger partial charge in [0.15, 0.2) is 5.82 Å². The molecule has 0 bridgehead atoms. The van der Waals surface area contributed by atoms with E-state index in [9.17, 15) is 4.39 Å². The highest BCUT2D eigenvalue weighted by molar-refractivity contribution is 6.31. The van der Waals surface area contributed by atoms with E-state index in [1.165, 1.54) is 6.07 Å². The molecule has 0 aliphatic rings. The van der Waals surface area contributed by atoms with E-state index in [0.29, 0.717) is 29.6 Å². The third kappa shape index (κ3) is 4.00. The maximum Gasteiger partial charge on any atom is 0.283 e. The molecule has 1 aromatic carbocycles. The molecule has 0 atom stereocenters. The predicted octanol–water partition coefficient (Wildman–Crippen LogP) is 3.52. The van der Waals surface area contributed by atoms with Gasteiger partial charge in [-0.3, -0.25) is 0 Å². The highest BCUT2D eigenvalue weighted by Crippen LogP contribution is 2.23. The van der Waals surface area contributed by atoms with Crippen LogP contribution in [0.4, 0.5) is 4.39 Å². The monoisotopic (exact) mass is 314 g/mol. The van der Waals surface area contributed by atoms with E-state index in [-0.39, 0.29) is 12.3 Å². The standard InChI is InChI=1S/C14H16ClFN2O3/c1-3-19-14(20-4-2)13-17-12(18-21-13)8-9-10(15)6-5-7-11(9)16/h5-7,14H,3-4,8H2,1-2H3. The van der Waals surface area contributed by atoms with E-state index in [1.807, 2.05) is 13.8 Å². The molecule has 0 spiro atoms. The maximum atomic E-state index is 13.7. The largest absolute Gasteiger partial charge is 0.345 e. The minimum Gasteiger partial charge on any atom is -0.345 e. The summed E-state index contributed by atoms with van der Waals surface area (Å²) >= 11 is 5.97. The van der Waals surface area contributed by atoms with Crippen molar-refractivity contribution in [3.63, 3.8) is 0 Å². The molecule has 5 nitrogen and oxygen atoms in total. The summed E-state index contributed by atoms with van der Waals surface area (Å²) in [5.41, 5.74) is 0.330. The predicted molar refractivity (Wildman–Crippen MR) is 74.5 cm³/mol. The van der Waals surface area contributed by atoms with Crippen LogP contribution in [0.25, 0.3) is 0 Å². The Balaban J connectivity index is 2.16. The first-order chi connectivity index (χ1) is 10.2. The number of hydrogen-bond acceptors (Lipinski definition) is 5. The van der Waals surface area contributed by atoms with Gasteiger partial charge in [0, 0.05) is 30.2 Å². The van der Waals surface area contributed by atoms with E-state index in [4.69, 9.17) is 25.6 Å². The molecule has 0 unspecified atom stereocenters. The first kappa shape index (κ1) is 15.9. The molecule has 21 heavy (non-hydrogen) atoms. The summed E-state index contributed by atoms with van der Waals surface area (Å²) < 4.78 is 29.6. The normalized spacial score (nSPS) is 11.3. The van der Waals surface area contributed by atoms with Crippen LogP contribution >= 0.6 is 11.6 Å². The van der Waals surface area contributed by atoms with Crippen molar-refractivity contribution in [2.45, 2.75) is 26.6 Å². The summed E-state index contributed by atoms with van der Waals surface area (Å²) in [4.78, 5) is 4.17. The number of nitrogens with zero attached hydrogens (tertiary/aromatic N) is 2. The van der Waals surface area contributed by atoms with Gasteiger partial charge in [0.2, 0.25) is 6.29 Å². The van der Waals surface area contributed by atoms with Crippen LogP contribution in [0.15, 0.2) is 22.7 Å². The molecule has 0 aliphatic heterocycles. The number of ether oxygens (including phenoxy) is 2. The van der Waals surface area contributed by atoms with Crippen LogP contribution in [-0.2, 0) is 15.9 Å². The van der Waals surface area contributed by atoms with Gasteiger partial charge < -0.3 is 14.0 Å². The van der Waals surface area contributed by atoms with Crippen molar-refractivity contribution >= 4 is 11.6 Å². The average molecular weight is 315 g/mol. The van der Waals surface area contributed by atoms with Crippen LogP contribution in [0.2, 0.25) is 5.02 Å². The molecule has 0 radical (unpaired) electrons. The smallest absolute Gasteiger partial charge is 0.283 e. The van der Waals surface area contributed by atoms with Gasteiger partial charge in [0.05, 0.1) is 0 Å². The fraction of sp³-hybridized carbons (Fsp3) is 0.429. The molecule has 0 saturated heterocycles. The van der Waals surface area contributed by atoms with Crippen LogP contribution in [0.5, 0.6) is 0 Å². The fourth-order valence-electron chi connectivity index (χ4n) is 1.79. The number of hydrogen-bond donors (Lipinski definition) is 0. The summed E-state index contributed by atoms with van der Waals surface area (Å²) in [6, 6.07) is 4.50. The Morgan fingerprint density at radius 2 is 2.00 bits per heavy atom. The molecule has 0 fully saturated rings. The molecule has 0 aliphatic carbocycles. The first-order valence-electron chi connectivity index (χ1n) is 6.64. The number of rotatable bonds is 7. The molecule has 7 heteroatoms. The molecule has 0 saturated carbocycles. The topological polar surface area (TPSA) is 57.4 Å². The van der Waals surface area contributed by atoms with Gasteiger partial charge >= 0.3 is 0 Å². The lowest BCUT2D eigenvalue weighted by atomic mass is 10.1. The quantitative estimate of drug-likeness (QED) is 0.732. The average Bonchev–Trinajstić information content (AvgIpc) is 2.91. The zero-order chi connectivity index (χ0) is 15.2. The highest BCUT2D eigenvalue weighted by Gasteiger charge is 2.20. The minimum absolute atomic E-state index is 0.139. The van der Waals surface area contributed by atoms with Crippen LogP contribution in [-0.4, -0.2) is 23.4 Å². The van der Waals surface area contributed by atoms with E-state index in [1.54, 1.807) is 12.1 Å². The van der Waals surface area contributed by atoms with Crippen LogP contribution in [0.3, 0.4) is 0 Å². The van der Waals surface area contributed by atoms with Gasteiger partial charge in [-0.2, -0.15) is 4.98 Å². The van der Waals surface area contributed by atoms with E-state index >= 15 is 0 Å². The second kappa shape index (κ2) is 7.49. The Morgan fingerprint density at radius 1 is 1.29 bits per heavy atom. The molecular weight excluding hydrogens is 299 g/mol.